The molecule has 0 saturated carbocycles. The summed E-state index contributed by atoms with van der Waals surface area (Å²) in [6.07, 6.45) is 1.63. The van der Waals surface area contributed by atoms with Gasteiger partial charge < -0.3 is 9.84 Å². The van der Waals surface area contributed by atoms with Gasteiger partial charge in [-0.2, -0.15) is 0 Å². The first-order valence-electron chi connectivity index (χ1n) is 5.15. The lowest BCUT2D eigenvalue weighted by Gasteiger charge is -2.31. The Kier molecular flexibility index (Phi) is 4.51. The molecule has 0 aromatic rings. The summed E-state index contributed by atoms with van der Waals surface area (Å²) in [4.78, 5) is 0. The fourth-order valence-electron chi connectivity index (χ4n) is 1.67. The molecule has 0 aliphatic carbocycles. The van der Waals surface area contributed by atoms with Gasteiger partial charge in [0.2, 0.25) is 10.0 Å². The van der Waals surface area contributed by atoms with E-state index in [1.807, 2.05) is 0 Å². The summed E-state index contributed by atoms with van der Waals surface area (Å²) in [5.41, 5.74) is 0. The summed E-state index contributed by atoms with van der Waals surface area (Å²) in [7, 11) is -1.67. The van der Waals surface area contributed by atoms with Gasteiger partial charge in [-0.15, -0.1) is 0 Å². The summed E-state index contributed by atoms with van der Waals surface area (Å²) in [5, 5.41) is 8.16. The van der Waals surface area contributed by atoms with Crippen LogP contribution in [0.5, 0.6) is 0 Å². The smallest absolute Gasteiger partial charge is 0.218 e. The van der Waals surface area contributed by atoms with E-state index in [9.17, 15) is 8.42 Å². The highest BCUT2D eigenvalue weighted by atomic mass is 32.2. The van der Waals surface area contributed by atoms with Gasteiger partial charge in [-0.3, -0.25) is 0 Å². The molecule has 5 nitrogen and oxygen atoms in total. The molecule has 0 spiro atoms. The zero-order chi connectivity index (χ0) is 11.5. The lowest BCUT2D eigenvalue weighted by atomic mass is 10.1. The molecule has 0 aromatic carbocycles. The third-order valence-corrected chi connectivity index (χ3v) is 5.11. The molecule has 6 heteroatoms. The predicted octanol–water partition coefficient (Wildman–Crippen LogP) is -0.192. The fraction of sp³-hybridized carbons (Fsp3) is 1.00. The zero-order valence-corrected chi connectivity index (χ0v) is 10.0. The molecule has 1 heterocycles. The fourth-order valence-corrected chi connectivity index (χ4v) is 3.09. The largest absolute Gasteiger partial charge is 0.395 e. The van der Waals surface area contributed by atoms with Crippen LogP contribution < -0.4 is 0 Å². The van der Waals surface area contributed by atoms with Crippen LogP contribution in [-0.2, 0) is 14.8 Å². The number of piperidine rings is 1. The molecule has 1 saturated heterocycles. The van der Waals surface area contributed by atoms with Gasteiger partial charge in [0.25, 0.3) is 0 Å². The van der Waals surface area contributed by atoms with Crippen molar-refractivity contribution in [3.05, 3.63) is 0 Å². The Labute approximate surface area is 91.1 Å². The van der Waals surface area contributed by atoms with E-state index in [0.717, 1.165) is 12.8 Å². The standard InChI is InChI=1S/C9H19NO4S/c1-8(7-11)15(12,13)10-5-3-9(14-2)4-6-10/h8-9,11H,3-7H2,1-2H3. The van der Waals surface area contributed by atoms with E-state index < -0.39 is 15.3 Å². The van der Waals surface area contributed by atoms with E-state index in [2.05, 4.69) is 0 Å². The molecule has 15 heavy (non-hydrogen) atoms. The van der Waals surface area contributed by atoms with Crippen molar-refractivity contribution >= 4 is 10.0 Å². The second-order valence-electron chi connectivity index (χ2n) is 3.87. The first-order valence-corrected chi connectivity index (χ1v) is 6.65. The van der Waals surface area contributed by atoms with Crippen LogP contribution >= 0.6 is 0 Å². The Morgan fingerprint density at radius 3 is 2.40 bits per heavy atom. The Morgan fingerprint density at radius 1 is 1.47 bits per heavy atom. The van der Waals surface area contributed by atoms with Crippen LogP contribution in [0.3, 0.4) is 0 Å². The van der Waals surface area contributed by atoms with Crippen molar-refractivity contribution in [1.82, 2.24) is 4.31 Å². The topological polar surface area (TPSA) is 66.8 Å². The van der Waals surface area contributed by atoms with Crippen LogP contribution in [-0.4, -0.2) is 56.0 Å². The number of ether oxygens (including phenoxy) is 1. The normalized spacial score (nSPS) is 22.9. The van der Waals surface area contributed by atoms with Crippen molar-refractivity contribution in [2.24, 2.45) is 0 Å². The van der Waals surface area contributed by atoms with Gasteiger partial charge in [-0.25, -0.2) is 12.7 Å². The lowest BCUT2D eigenvalue weighted by molar-refractivity contribution is 0.0601. The molecule has 0 aromatic heterocycles. The number of methoxy groups -OCH3 is 1. The minimum atomic E-state index is -3.32. The second kappa shape index (κ2) is 5.25. The summed E-state index contributed by atoms with van der Waals surface area (Å²) < 4.78 is 30.3. The first-order chi connectivity index (χ1) is 7.02. The minimum Gasteiger partial charge on any atom is -0.395 e. The molecular weight excluding hydrogens is 218 g/mol. The number of rotatable bonds is 4. The van der Waals surface area contributed by atoms with Crippen LogP contribution in [0.4, 0.5) is 0 Å². The van der Waals surface area contributed by atoms with Gasteiger partial charge >= 0.3 is 0 Å². The summed E-state index contributed by atoms with van der Waals surface area (Å²) in [6.45, 7) is 2.18. The first kappa shape index (κ1) is 12.9. The second-order valence-corrected chi connectivity index (χ2v) is 6.22. The number of hydrogen-bond acceptors (Lipinski definition) is 4. The van der Waals surface area contributed by atoms with Gasteiger partial charge in [0.05, 0.1) is 18.0 Å². The highest BCUT2D eigenvalue weighted by molar-refractivity contribution is 7.89. The summed E-state index contributed by atoms with van der Waals surface area (Å²) in [5.74, 6) is 0. The van der Waals surface area contributed by atoms with Crippen LogP contribution in [0.2, 0.25) is 0 Å². The van der Waals surface area contributed by atoms with E-state index in [1.54, 1.807) is 7.11 Å². The summed E-state index contributed by atoms with van der Waals surface area (Å²) in [6, 6.07) is 0. The zero-order valence-electron chi connectivity index (χ0n) is 9.22. The maximum Gasteiger partial charge on any atom is 0.218 e. The molecule has 1 N–H and O–H groups in total. The van der Waals surface area contributed by atoms with Gasteiger partial charge in [0.1, 0.15) is 0 Å². The molecule has 90 valence electrons. The average molecular weight is 237 g/mol. The van der Waals surface area contributed by atoms with E-state index >= 15 is 0 Å². The molecule has 1 aliphatic rings. The number of sulfonamides is 1. The van der Waals surface area contributed by atoms with Crippen molar-refractivity contribution < 1.29 is 18.3 Å². The van der Waals surface area contributed by atoms with Gasteiger partial charge in [-0.1, -0.05) is 0 Å². The van der Waals surface area contributed by atoms with Crippen LogP contribution in [0.25, 0.3) is 0 Å². The molecule has 1 unspecified atom stereocenters. The van der Waals surface area contributed by atoms with Crippen LogP contribution in [0.1, 0.15) is 19.8 Å². The quantitative estimate of drug-likeness (QED) is 0.736. The number of aliphatic hydroxyl groups is 1. The maximum absolute atomic E-state index is 11.8. The summed E-state index contributed by atoms with van der Waals surface area (Å²) >= 11 is 0. The van der Waals surface area contributed by atoms with Crippen molar-refractivity contribution in [3.63, 3.8) is 0 Å². The number of hydrogen-bond donors (Lipinski definition) is 1. The molecular formula is C9H19NO4S. The molecule has 1 fully saturated rings. The van der Waals surface area contributed by atoms with Crippen molar-refractivity contribution in [3.8, 4) is 0 Å². The van der Waals surface area contributed by atoms with Crippen molar-refractivity contribution in [2.75, 3.05) is 26.8 Å². The SMILES string of the molecule is COC1CCN(S(=O)(=O)C(C)CO)CC1. The monoisotopic (exact) mass is 237 g/mol. The molecule has 1 rings (SSSR count). The minimum absolute atomic E-state index is 0.167. The molecule has 1 aliphatic heterocycles. The Morgan fingerprint density at radius 2 is 2.00 bits per heavy atom. The van der Waals surface area contributed by atoms with E-state index in [4.69, 9.17) is 9.84 Å². The number of aliphatic hydroxyl groups excluding tert-OH is 1. The maximum atomic E-state index is 11.8. The number of nitrogens with zero attached hydrogens (tertiary/aromatic N) is 1. The third-order valence-electron chi connectivity index (χ3n) is 2.86. The van der Waals surface area contributed by atoms with Crippen molar-refractivity contribution in [2.45, 2.75) is 31.1 Å². The molecule has 0 bridgehead atoms. The third kappa shape index (κ3) is 2.90. The molecule has 0 amide bonds. The highest BCUT2D eigenvalue weighted by Gasteiger charge is 2.31. The Hall–Kier alpha value is -0.170. The van der Waals surface area contributed by atoms with Gasteiger partial charge in [-0.05, 0) is 19.8 Å². The van der Waals surface area contributed by atoms with E-state index in [0.29, 0.717) is 13.1 Å². The highest BCUT2D eigenvalue weighted by Crippen LogP contribution is 2.18. The van der Waals surface area contributed by atoms with Crippen molar-refractivity contribution in [1.29, 1.82) is 0 Å². The lowest BCUT2D eigenvalue weighted by Crippen LogP contribution is -2.45. The molecule has 0 radical (unpaired) electrons. The Balaban J connectivity index is 2.60. The van der Waals surface area contributed by atoms with Crippen LogP contribution in [0.15, 0.2) is 0 Å². The Bertz CT molecular complexity index is 282. The van der Waals surface area contributed by atoms with Crippen LogP contribution in [0, 0.1) is 0 Å². The average Bonchev–Trinajstić information content (AvgIpc) is 2.28. The van der Waals surface area contributed by atoms with E-state index in [-0.39, 0.29) is 12.7 Å². The molecule has 1 atom stereocenters. The predicted molar refractivity (Wildman–Crippen MR) is 57.1 cm³/mol. The van der Waals surface area contributed by atoms with E-state index in [1.165, 1.54) is 11.2 Å². The van der Waals surface area contributed by atoms with Gasteiger partial charge in [0, 0.05) is 20.2 Å². The van der Waals surface area contributed by atoms with Gasteiger partial charge in [0.15, 0.2) is 0 Å².